The summed E-state index contributed by atoms with van der Waals surface area (Å²) in [5.74, 6) is -1.50. The summed E-state index contributed by atoms with van der Waals surface area (Å²) >= 11 is 6.01. The number of likely N-dealkylation sites (tertiary alicyclic amines) is 1. The van der Waals surface area contributed by atoms with Gasteiger partial charge >= 0.3 is 5.97 Å². The van der Waals surface area contributed by atoms with Crippen molar-refractivity contribution in [3.05, 3.63) is 40.9 Å². The van der Waals surface area contributed by atoms with Gasteiger partial charge in [0, 0.05) is 23.7 Å². The second-order valence-electron chi connectivity index (χ2n) is 4.86. The first-order valence-corrected chi connectivity index (χ1v) is 6.84. The van der Waals surface area contributed by atoms with E-state index in [1.807, 2.05) is 18.2 Å². The van der Waals surface area contributed by atoms with E-state index in [9.17, 15) is 9.59 Å². The lowest BCUT2D eigenvalue weighted by Gasteiger charge is -2.21. The molecular weight excluding hydrogens is 278 g/mol. The predicted octanol–water partition coefficient (Wildman–Crippen LogP) is 2.67. The number of halogens is 1. The maximum Gasteiger partial charge on any atom is 0.308 e. The first kappa shape index (κ1) is 14.6. The Labute approximate surface area is 122 Å². The molecule has 2 unspecified atom stereocenters. The first-order valence-electron chi connectivity index (χ1n) is 6.46. The lowest BCUT2D eigenvalue weighted by molar-refractivity contribution is -0.142. The fraction of sp³-hybridized carbons (Fsp3) is 0.333. The number of carboxylic acids is 1. The molecule has 2 rings (SSSR count). The molecule has 5 heteroatoms. The van der Waals surface area contributed by atoms with Gasteiger partial charge in [-0.2, -0.15) is 0 Å². The number of benzene rings is 1. The maximum absolute atomic E-state index is 12.1. The third kappa shape index (κ3) is 3.02. The molecule has 1 amide bonds. The normalized spacial score (nSPS) is 22.4. The van der Waals surface area contributed by atoms with Crippen LogP contribution in [0.15, 0.2) is 30.3 Å². The highest BCUT2D eigenvalue weighted by Gasteiger charge is 2.37. The molecule has 2 atom stereocenters. The molecule has 106 valence electrons. The topological polar surface area (TPSA) is 57.6 Å². The van der Waals surface area contributed by atoms with Crippen LogP contribution in [0.3, 0.4) is 0 Å². The molecule has 1 heterocycles. The van der Waals surface area contributed by atoms with E-state index in [1.54, 1.807) is 24.0 Å². The van der Waals surface area contributed by atoms with E-state index < -0.39 is 11.9 Å². The highest BCUT2D eigenvalue weighted by atomic mass is 35.5. The van der Waals surface area contributed by atoms with Gasteiger partial charge in [0.05, 0.1) is 5.92 Å². The van der Waals surface area contributed by atoms with Crippen LogP contribution >= 0.6 is 11.6 Å². The molecule has 20 heavy (non-hydrogen) atoms. The molecule has 0 saturated carbocycles. The number of rotatable bonds is 3. The Morgan fingerprint density at radius 3 is 2.70 bits per heavy atom. The largest absolute Gasteiger partial charge is 0.481 e. The minimum atomic E-state index is -0.845. The van der Waals surface area contributed by atoms with Crippen LogP contribution in [0.5, 0.6) is 0 Å². The zero-order valence-electron chi connectivity index (χ0n) is 11.1. The van der Waals surface area contributed by atoms with Crippen LogP contribution in [0.25, 0.3) is 6.08 Å². The predicted molar refractivity (Wildman–Crippen MR) is 77.4 cm³/mol. The Kier molecular flexibility index (Phi) is 4.45. The van der Waals surface area contributed by atoms with Crippen LogP contribution < -0.4 is 0 Å². The lowest BCUT2D eigenvalue weighted by Crippen LogP contribution is -2.36. The summed E-state index contributed by atoms with van der Waals surface area (Å²) in [4.78, 5) is 24.7. The number of carbonyl (C=O) groups excluding carboxylic acids is 1. The van der Waals surface area contributed by atoms with Gasteiger partial charge in [-0.05, 0) is 31.1 Å². The number of carboxylic acid groups (broad SMARTS) is 1. The van der Waals surface area contributed by atoms with Gasteiger partial charge in [-0.3, -0.25) is 9.59 Å². The average molecular weight is 294 g/mol. The molecule has 4 nitrogen and oxygen atoms in total. The highest BCUT2D eigenvalue weighted by molar-refractivity contribution is 6.32. The SMILES string of the molecule is CC1C(C(=O)O)CCN1C(=O)C=Cc1ccccc1Cl. The lowest BCUT2D eigenvalue weighted by atomic mass is 10.0. The van der Waals surface area contributed by atoms with E-state index in [2.05, 4.69) is 0 Å². The Hall–Kier alpha value is -1.81. The van der Waals surface area contributed by atoms with E-state index >= 15 is 0 Å². The van der Waals surface area contributed by atoms with Crippen LogP contribution in [0.1, 0.15) is 18.9 Å². The molecule has 1 aromatic carbocycles. The minimum absolute atomic E-state index is 0.179. The van der Waals surface area contributed by atoms with E-state index in [-0.39, 0.29) is 11.9 Å². The smallest absolute Gasteiger partial charge is 0.308 e. The van der Waals surface area contributed by atoms with E-state index in [0.29, 0.717) is 18.0 Å². The fourth-order valence-electron chi connectivity index (χ4n) is 2.45. The third-order valence-corrected chi connectivity index (χ3v) is 4.01. The third-order valence-electron chi connectivity index (χ3n) is 3.67. The van der Waals surface area contributed by atoms with Crippen molar-refractivity contribution in [1.29, 1.82) is 0 Å². The van der Waals surface area contributed by atoms with Gasteiger partial charge in [-0.15, -0.1) is 0 Å². The summed E-state index contributed by atoms with van der Waals surface area (Å²) in [5, 5.41) is 9.63. The van der Waals surface area contributed by atoms with E-state index in [0.717, 1.165) is 5.56 Å². The van der Waals surface area contributed by atoms with Crippen molar-refractivity contribution in [3.63, 3.8) is 0 Å². The van der Waals surface area contributed by atoms with Gasteiger partial charge in [-0.1, -0.05) is 29.8 Å². The number of aliphatic carboxylic acids is 1. The monoisotopic (exact) mass is 293 g/mol. The van der Waals surface area contributed by atoms with E-state index in [1.165, 1.54) is 6.08 Å². The summed E-state index contributed by atoms with van der Waals surface area (Å²) in [6.07, 6.45) is 3.61. The van der Waals surface area contributed by atoms with Gasteiger partial charge in [0.1, 0.15) is 0 Å². The van der Waals surface area contributed by atoms with Gasteiger partial charge in [0.15, 0.2) is 0 Å². The number of hydrogen-bond acceptors (Lipinski definition) is 2. The minimum Gasteiger partial charge on any atom is -0.481 e. The molecule has 1 aliphatic heterocycles. The van der Waals surface area contributed by atoms with Crippen LogP contribution in [0, 0.1) is 5.92 Å². The van der Waals surface area contributed by atoms with Crippen molar-refractivity contribution in [2.45, 2.75) is 19.4 Å². The standard InChI is InChI=1S/C15H16ClNO3/c1-10-12(15(19)20)8-9-17(10)14(18)7-6-11-4-2-3-5-13(11)16/h2-7,10,12H,8-9H2,1H3,(H,19,20). The summed E-state index contributed by atoms with van der Waals surface area (Å²) in [5.41, 5.74) is 0.768. The van der Waals surface area contributed by atoms with Crippen molar-refractivity contribution in [2.75, 3.05) is 6.54 Å². The van der Waals surface area contributed by atoms with Crippen LogP contribution in [0.4, 0.5) is 0 Å². The molecule has 1 fully saturated rings. The van der Waals surface area contributed by atoms with Crippen molar-refractivity contribution in [2.24, 2.45) is 5.92 Å². The quantitative estimate of drug-likeness (QED) is 0.872. The molecule has 0 aromatic heterocycles. The van der Waals surface area contributed by atoms with Gasteiger partial charge in [0.2, 0.25) is 5.91 Å². The molecule has 1 saturated heterocycles. The van der Waals surface area contributed by atoms with Crippen molar-refractivity contribution >= 4 is 29.6 Å². The molecule has 0 radical (unpaired) electrons. The van der Waals surface area contributed by atoms with Crippen molar-refractivity contribution in [3.8, 4) is 0 Å². The molecule has 0 aliphatic carbocycles. The Morgan fingerprint density at radius 1 is 1.40 bits per heavy atom. The number of carbonyl (C=O) groups is 2. The molecule has 1 aromatic rings. The molecule has 1 aliphatic rings. The molecule has 0 bridgehead atoms. The zero-order chi connectivity index (χ0) is 14.7. The van der Waals surface area contributed by atoms with Crippen LogP contribution in [-0.4, -0.2) is 34.5 Å². The molecular formula is C15H16ClNO3. The summed E-state index contributed by atoms with van der Waals surface area (Å²) in [7, 11) is 0. The Balaban J connectivity index is 2.06. The Bertz CT molecular complexity index is 556. The number of amides is 1. The maximum atomic E-state index is 12.1. The van der Waals surface area contributed by atoms with Crippen LogP contribution in [0.2, 0.25) is 5.02 Å². The summed E-state index contributed by atoms with van der Waals surface area (Å²) < 4.78 is 0. The molecule has 0 spiro atoms. The average Bonchev–Trinajstić information content (AvgIpc) is 2.79. The van der Waals surface area contributed by atoms with Crippen molar-refractivity contribution < 1.29 is 14.7 Å². The summed E-state index contributed by atoms with van der Waals surface area (Å²) in [6.45, 7) is 2.25. The first-order chi connectivity index (χ1) is 9.50. The Morgan fingerprint density at radius 2 is 2.10 bits per heavy atom. The number of hydrogen-bond donors (Lipinski definition) is 1. The van der Waals surface area contributed by atoms with E-state index in [4.69, 9.17) is 16.7 Å². The van der Waals surface area contributed by atoms with Gasteiger partial charge in [0.25, 0.3) is 0 Å². The highest BCUT2D eigenvalue weighted by Crippen LogP contribution is 2.25. The molecule has 1 N–H and O–H groups in total. The zero-order valence-corrected chi connectivity index (χ0v) is 11.9. The van der Waals surface area contributed by atoms with Crippen LogP contribution in [-0.2, 0) is 9.59 Å². The second-order valence-corrected chi connectivity index (χ2v) is 5.27. The van der Waals surface area contributed by atoms with Gasteiger partial charge < -0.3 is 10.0 Å². The fourth-order valence-corrected chi connectivity index (χ4v) is 2.65. The van der Waals surface area contributed by atoms with Crippen molar-refractivity contribution in [1.82, 2.24) is 4.90 Å². The summed E-state index contributed by atoms with van der Waals surface area (Å²) in [6, 6.07) is 6.96. The second kappa shape index (κ2) is 6.09. The van der Waals surface area contributed by atoms with Gasteiger partial charge in [-0.25, -0.2) is 0 Å². The number of nitrogens with zero attached hydrogens (tertiary/aromatic N) is 1.